The molecule has 0 amide bonds. The van der Waals surface area contributed by atoms with E-state index in [9.17, 15) is 4.79 Å². The molecule has 3 heterocycles. The van der Waals surface area contributed by atoms with Gasteiger partial charge in [0.1, 0.15) is 11.3 Å². The van der Waals surface area contributed by atoms with Crippen molar-refractivity contribution in [3.05, 3.63) is 81.7 Å². The smallest absolute Gasteiger partial charge is 0.336 e. The van der Waals surface area contributed by atoms with Crippen LogP contribution in [0.4, 0.5) is 5.69 Å². The second-order valence-electron chi connectivity index (χ2n) is 8.74. The number of aromatic nitrogens is 1. The number of anilines is 1. The van der Waals surface area contributed by atoms with E-state index in [1.165, 1.54) is 21.8 Å². The fourth-order valence-corrected chi connectivity index (χ4v) is 5.32. The molecule has 0 spiro atoms. The van der Waals surface area contributed by atoms with Crippen LogP contribution < -0.4 is 15.3 Å². The van der Waals surface area contributed by atoms with Crippen molar-refractivity contribution in [1.29, 1.82) is 0 Å². The van der Waals surface area contributed by atoms with Crippen LogP contribution in [0.2, 0.25) is 0 Å². The molecule has 0 bridgehead atoms. The quantitative estimate of drug-likeness (QED) is 0.317. The van der Waals surface area contributed by atoms with Gasteiger partial charge in [-0.15, -0.1) is 0 Å². The molecular weight excluding hydrogens is 412 g/mol. The molecule has 5 nitrogen and oxygen atoms in total. The van der Waals surface area contributed by atoms with E-state index < -0.39 is 0 Å². The Balaban J connectivity index is 1.46. The summed E-state index contributed by atoms with van der Waals surface area (Å²) < 4.78 is 14.2. The highest BCUT2D eigenvalue weighted by Crippen LogP contribution is 2.38. The standard InChI is InChI=1S/C28H26N2O3/c1-4-18-13-26(31)33-28-17(3)27-19(12-22(18)28)15-29(16-32-27)20-10-11-25-23(14-20)21-8-6-7-9-24(21)30(25)5-2/h6-14H,4-5,15-16H2,1-3H3. The second-order valence-corrected chi connectivity index (χ2v) is 8.74. The molecule has 0 fully saturated rings. The molecule has 5 aromatic rings. The molecule has 0 radical (unpaired) electrons. The van der Waals surface area contributed by atoms with Gasteiger partial charge in [0, 0.05) is 63.2 Å². The van der Waals surface area contributed by atoms with Crippen molar-refractivity contribution in [2.45, 2.75) is 40.3 Å². The zero-order valence-electron chi connectivity index (χ0n) is 19.1. The van der Waals surface area contributed by atoms with E-state index in [-0.39, 0.29) is 5.63 Å². The summed E-state index contributed by atoms with van der Waals surface area (Å²) in [5, 5.41) is 3.54. The lowest BCUT2D eigenvalue weighted by molar-refractivity contribution is 0.287. The third-order valence-corrected chi connectivity index (χ3v) is 6.92. The van der Waals surface area contributed by atoms with Crippen LogP contribution in [0.25, 0.3) is 32.8 Å². The van der Waals surface area contributed by atoms with E-state index >= 15 is 0 Å². The van der Waals surface area contributed by atoms with Gasteiger partial charge in [0.25, 0.3) is 0 Å². The van der Waals surface area contributed by atoms with Gasteiger partial charge in [-0.25, -0.2) is 4.79 Å². The molecule has 3 aromatic carbocycles. The number of hydrogen-bond donors (Lipinski definition) is 0. The number of fused-ring (bicyclic) bond motifs is 5. The maximum atomic E-state index is 12.0. The molecule has 0 saturated carbocycles. The SMILES string of the molecule is CCc1cc(=O)oc2c(C)c3c(cc12)CN(c1ccc2c(c1)c1ccccc1n2CC)CO3. The predicted octanol–water partition coefficient (Wildman–Crippen LogP) is 6.15. The normalized spacial score (nSPS) is 13.6. The van der Waals surface area contributed by atoms with E-state index in [4.69, 9.17) is 9.15 Å². The molecule has 0 atom stereocenters. The highest BCUT2D eigenvalue weighted by Gasteiger charge is 2.24. The summed E-state index contributed by atoms with van der Waals surface area (Å²) in [7, 11) is 0. The number of para-hydroxylation sites is 1. The predicted molar refractivity (Wildman–Crippen MR) is 133 cm³/mol. The Bertz CT molecular complexity index is 1610. The Morgan fingerprint density at radius 3 is 2.58 bits per heavy atom. The van der Waals surface area contributed by atoms with Crippen molar-refractivity contribution in [3.63, 3.8) is 0 Å². The molecule has 0 N–H and O–H groups in total. The number of aryl methyl sites for hydroxylation is 3. The zero-order chi connectivity index (χ0) is 22.7. The van der Waals surface area contributed by atoms with Gasteiger partial charge >= 0.3 is 5.63 Å². The summed E-state index contributed by atoms with van der Waals surface area (Å²) in [5.41, 5.74) is 7.02. The molecule has 166 valence electrons. The Kier molecular flexibility index (Phi) is 4.47. The van der Waals surface area contributed by atoms with Gasteiger partial charge in [-0.05, 0) is 56.2 Å². The second kappa shape index (κ2) is 7.41. The number of ether oxygens (including phenoxy) is 1. The van der Waals surface area contributed by atoms with E-state index in [0.717, 1.165) is 53.0 Å². The van der Waals surface area contributed by atoms with Gasteiger partial charge < -0.3 is 18.6 Å². The zero-order valence-corrected chi connectivity index (χ0v) is 19.1. The van der Waals surface area contributed by atoms with Crippen LogP contribution in [0.3, 0.4) is 0 Å². The molecule has 6 rings (SSSR count). The Labute approximate surface area is 191 Å². The minimum Gasteiger partial charge on any atom is -0.472 e. The summed E-state index contributed by atoms with van der Waals surface area (Å²) >= 11 is 0. The molecular formula is C28H26N2O3. The van der Waals surface area contributed by atoms with Crippen LogP contribution in [0, 0.1) is 6.92 Å². The summed E-state index contributed by atoms with van der Waals surface area (Å²) in [6.07, 6.45) is 0.781. The topological polar surface area (TPSA) is 47.6 Å². The van der Waals surface area contributed by atoms with Crippen molar-refractivity contribution in [2.75, 3.05) is 11.6 Å². The van der Waals surface area contributed by atoms with Crippen LogP contribution in [0.1, 0.15) is 30.5 Å². The van der Waals surface area contributed by atoms with Gasteiger partial charge in [0.2, 0.25) is 0 Å². The first-order valence-corrected chi connectivity index (χ1v) is 11.6. The number of nitrogens with zero attached hydrogens (tertiary/aromatic N) is 2. The van der Waals surface area contributed by atoms with E-state index in [0.29, 0.717) is 12.3 Å². The minimum absolute atomic E-state index is 0.306. The Hall–Kier alpha value is -3.73. The number of hydrogen-bond acceptors (Lipinski definition) is 4. The fraction of sp³-hybridized carbons (Fsp3) is 0.250. The maximum absolute atomic E-state index is 12.0. The molecule has 33 heavy (non-hydrogen) atoms. The van der Waals surface area contributed by atoms with Crippen LogP contribution in [-0.4, -0.2) is 11.3 Å². The van der Waals surface area contributed by atoms with E-state index in [1.807, 2.05) is 6.92 Å². The van der Waals surface area contributed by atoms with Gasteiger partial charge in [-0.1, -0.05) is 25.1 Å². The average Bonchev–Trinajstić information content (AvgIpc) is 3.17. The van der Waals surface area contributed by atoms with Crippen LogP contribution >= 0.6 is 0 Å². The summed E-state index contributed by atoms with van der Waals surface area (Å²) in [6, 6.07) is 19.0. The largest absolute Gasteiger partial charge is 0.472 e. The molecule has 1 aliphatic heterocycles. The van der Waals surface area contributed by atoms with Crippen LogP contribution in [-0.2, 0) is 19.5 Å². The number of benzene rings is 3. The summed E-state index contributed by atoms with van der Waals surface area (Å²) in [5.74, 6) is 0.832. The Morgan fingerprint density at radius 2 is 1.76 bits per heavy atom. The first kappa shape index (κ1) is 19.9. The highest BCUT2D eigenvalue weighted by atomic mass is 16.5. The van der Waals surface area contributed by atoms with Crippen molar-refractivity contribution < 1.29 is 9.15 Å². The number of rotatable bonds is 3. The monoisotopic (exact) mass is 438 g/mol. The van der Waals surface area contributed by atoms with Crippen LogP contribution in [0.5, 0.6) is 5.75 Å². The third-order valence-electron chi connectivity index (χ3n) is 6.92. The average molecular weight is 439 g/mol. The maximum Gasteiger partial charge on any atom is 0.336 e. The third kappa shape index (κ3) is 2.95. The fourth-order valence-electron chi connectivity index (χ4n) is 5.32. The summed E-state index contributed by atoms with van der Waals surface area (Å²) in [6.45, 7) is 8.36. The van der Waals surface area contributed by atoms with Gasteiger partial charge in [0.05, 0.1) is 0 Å². The molecule has 0 aliphatic carbocycles. The van der Waals surface area contributed by atoms with Gasteiger partial charge in [-0.3, -0.25) is 0 Å². The first-order valence-electron chi connectivity index (χ1n) is 11.6. The van der Waals surface area contributed by atoms with Gasteiger partial charge in [-0.2, -0.15) is 0 Å². The molecule has 0 unspecified atom stereocenters. The lowest BCUT2D eigenvalue weighted by atomic mass is 9.99. The van der Waals surface area contributed by atoms with E-state index in [2.05, 4.69) is 71.8 Å². The van der Waals surface area contributed by atoms with E-state index in [1.54, 1.807) is 6.07 Å². The van der Waals surface area contributed by atoms with Crippen molar-refractivity contribution in [1.82, 2.24) is 4.57 Å². The summed E-state index contributed by atoms with van der Waals surface area (Å²) in [4.78, 5) is 14.3. The van der Waals surface area contributed by atoms with Crippen molar-refractivity contribution in [3.8, 4) is 5.75 Å². The first-order chi connectivity index (χ1) is 16.1. The lowest BCUT2D eigenvalue weighted by Gasteiger charge is -2.32. The molecule has 5 heteroatoms. The molecule has 2 aromatic heterocycles. The minimum atomic E-state index is -0.306. The Morgan fingerprint density at radius 1 is 0.939 bits per heavy atom. The van der Waals surface area contributed by atoms with Crippen LogP contribution in [0.15, 0.2) is 63.8 Å². The molecule has 1 aliphatic rings. The highest BCUT2D eigenvalue weighted by molar-refractivity contribution is 6.09. The lowest BCUT2D eigenvalue weighted by Crippen LogP contribution is -2.32. The van der Waals surface area contributed by atoms with Crippen molar-refractivity contribution >= 4 is 38.5 Å². The van der Waals surface area contributed by atoms with Crippen molar-refractivity contribution in [2.24, 2.45) is 0 Å². The molecule has 0 saturated heterocycles. The van der Waals surface area contributed by atoms with Gasteiger partial charge in [0.15, 0.2) is 6.73 Å².